The topological polar surface area (TPSA) is 55.6 Å². The molecular weight excluding hydrogens is 204 g/mol. The van der Waals surface area contributed by atoms with Gasteiger partial charge in [0.25, 0.3) is 0 Å². The third-order valence-corrected chi connectivity index (χ3v) is 4.56. The zero-order valence-corrected chi connectivity index (χ0v) is 9.76. The molecule has 3 aliphatic rings. The van der Waals surface area contributed by atoms with Crippen LogP contribution in [0.25, 0.3) is 0 Å². The smallest absolute Gasteiger partial charge is 0.410 e. The predicted molar refractivity (Wildman–Crippen MR) is 59.8 cm³/mol. The quantitative estimate of drug-likeness (QED) is 0.766. The molecule has 0 radical (unpaired) electrons. The van der Waals surface area contributed by atoms with E-state index in [-0.39, 0.29) is 6.09 Å². The monoisotopic (exact) mass is 224 g/mol. The highest BCUT2D eigenvalue weighted by Gasteiger charge is 2.62. The van der Waals surface area contributed by atoms with Crippen LogP contribution >= 0.6 is 0 Å². The Morgan fingerprint density at radius 2 is 1.94 bits per heavy atom. The lowest BCUT2D eigenvalue weighted by Gasteiger charge is -2.40. The van der Waals surface area contributed by atoms with Crippen LogP contribution in [0.2, 0.25) is 0 Å². The number of hydrogen-bond acceptors (Lipinski definition) is 3. The van der Waals surface area contributed by atoms with Crippen LogP contribution in [0.5, 0.6) is 0 Å². The number of fused-ring (bicyclic) bond motifs is 5. The van der Waals surface area contributed by atoms with Gasteiger partial charge in [-0.3, -0.25) is 0 Å². The molecule has 4 heteroatoms. The molecule has 3 rings (SSSR count). The first-order valence-corrected chi connectivity index (χ1v) is 6.41. The highest BCUT2D eigenvalue weighted by Crippen LogP contribution is 2.59. The summed E-state index contributed by atoms with van der Waals surface area (Å²) in [5.74, 6) is 2.13. The van der Waals surface area contributed by atoms with Gasteiger partial charge in [-0.15, -0.1) is 0 Å². The fraction of sp³-hybridized carbons (Fsp3) is 0.917. The predicted octanol–water partition coefficient (Wildman–Crippen LogP) is 1.20. The van der Waals surface area contributed by atoms with Crippen molar-refractivity contribution in [3.8, 4) is 0 Å². The summed E-state index contributed by atoms with van der Waals surface area (Å²) >= 11 is 0. The van der Waals surface area contributed by atoms with Crippen molar-refractivity contribution in [3.05, 3.63) is 0 Å². The van der Waals surface area contributed by atoms with E-state index in [1.807, 2.05) is 11.8 Å². The van der Waals surface area contributed by atoms with Crippen molar-refractivity contribution in [2.45, 2.75) is 38.3 Å². The number of rotatable bonds is 2. The van der Waals surface area contributed by atoms with Gasteiger partial charge in [0.1, 0.15) is 0 Å². The van der Waals surface area contributed by atoms with Crippen LogP contribution in [0.3, 0.4) is 0 Å². The number of carbonyl (C=O) groups is 1. The molecule has 4 unspecified atom stereocenters. The van der Waals surface area contributed by atoms with Crippen LogP contribution in [-0.2, 0) is 4.74 Å². The van der Waals surface area contributed by atoms with Crippen molar-refractivity contribution < 1.29 is 9.53 Å². The molecule has 2 N–H and O–H groups in total. The molecule has 1 amide bonds. The third kappa shape index (κ3) is 1.35. The number of ether oxygens (including phenoxy) is 1. The van der Waals surface area contributed by atoms with E-state index >= 15 is 0 Å². The van der Waals surface area contributed by atoms with Crippen LogP contribution in [-0.4, -0.2) is 36.2 Å². The maximum absolute atomic E-state index is 11.9. The lowest BCUT2D eigenvalue weighted by atomic mass is 9.88. The summed E-state index contributed by atoms with van der Waals surface area (Å²) in [4.78, 5) is 13.9. The SMILES string of the molecule is CCOC(=O)N1C2CC(CN)CC1[C@H]1CC21. The largest absolute Gasteiger partial charge is 0.450 e. The molecule has 2 saturated heterocycles. The third-order valence-electron chi connectivity index (χ3n) is 4.56. The number of amides is 1. The van der Waals surface area contributed by atoms with Gasteiger partial charge in [0.2, 0.25) is 0 Å². The minimum atomic E-state index is -0.0971. The molecule has 0 aromatic heterocycles. The van der Waals surface area contributed by atoms with Crippen LogP contribution < -0.4 is 5.73 Å². The lowest BCUT2D eigenvalue weighted by molar-refractivity contribution is 0.0473. The van der Waals surface area contributed by atoms with Crippen LogP contribution in [0.4, 0.5) is 4.79 Å². The van der Waals surface area contributed by atoms with Gasteiger partial charge >= 0.3 is 6.09 Å². The molecule has 2 bridgehead atoms. The minimum Gasteiger partial charge on any atom is -0.450 e. The molecule has 0 spiro atoms. The summed E-state index contributed by atoms with van der Waals surface area (Å²) in [7, 11) is 0. The Kier molecular flexibility index (Phi) is 2.35. The second-order valence-electron chi connectivity index (χ2n) is 5.38. The summed E-state index contributed by atoms with van der Waals surface area (Å²) in [6, 6.07) is 0.854. The fourth-order valence-corrected chi connectivity index (χ4v) is 3.80. The van der Waals surface area contributed by atoms with Crippen LogP contribution in [0.15, 0.2) is 0 Å². The van der Waals surface area contributed by atoms with E-state index in [1.54, 1.807) is 0 Å². The van der Waals surface area contributed by atoms with Gasteiger partial charge in [0.15, 0.2) is 0 Å². The Labute approximate surface area is 96.1 Å². The first-order valence-electron chi connectivity index (χ1n) is 6.41. The number of carbonyl (C=O) groups excluding carboxylic acids is 1. The van der Waals surface area contributed by atoms with Crippen LogP contribution in [0.1, 0.15) is 26.2 Å². The number of nitrogens with two attached hydrogens (primary N) is 1. The molecule has 4 nitrogen and oxygen atoms in total. The number of nitrogens with zero attached hydrogens (tertiary/aromatic N) is 1. The van der Waals surface area contributed by atoms with Gasteiger partial charge in [-0.25, -0.2) is 4.79 Å². The lowest BCUT2D eigenvalue weighted by Crippen LogP contribution is -2.50. The normalized spacial score (nSPS) is 44.1. The number of hydrogen-bond donors (Lipinski definition) is 1. The average Bonchev–Trinajstić information content (AvgIpc) is 3.03. The van der Waals surface area contributed by atoms with Gasteiger partial charge in [0.05, 0.1) is 6.61 Å². The maximum atomic E-state index is 11.9. The van der Waals surface area contributed by atoms with E-state index in [4.69, 9.17) is 10.5 Å². The molecule has 2 heterocycles. The molecule has 1 aliphatic carbocycles. The van der Waals surface area contributed by atoms with Crippen molar-refractivity contribution in [3.63, 3.8) is 0 Å². The summed E-state index contributed by atoms with van der Waals surface area (Å²) in [5.41, 5.74) is 5.76. The fourth-order valence-electron chi connectivity index (χ4n) is 3.80. The average molecular weight is 224 g/mol. The van der Waals surface area contributed by atoms with Gasteiger partial charge in [0, 0.05) is 12.1 Å². The van der Waals surface area contributed by atoms with Crippen molar-refractivity contribution in [2.75, 3.05) is 13.2 Å². The Hall–Kier alpha value is -0.770. The van der Waals surface area contributed by atoms with Gasteiger partial charge < -0.3 is 15.4 Å². The Bertz CT molecular complexity index is 289. The minimum absolute atomic E-state index is 0.0971. The zero-order chi connectivity index (χ0) is 11.3. The first kappa shape index (κ1) is 10.4. The molecule has 0 aromatic rings. The van der Waals surface area contributed by atoms with Gasteiger partial charge in [-0.05, 0) is 50.5 Å². The summed E-state index contributed by atoms with van der Waals surface area (Å²) in [6.07, 6.45) is 3.41. The molecule has 2 aliphatic heterocycles. The van der Waals surface area contributed by atoms with Crippen molar-refractivity contribution in [1.82, 2.24) is 4.90 Å². The van der Waals surface area contributed by atoms with Crippen LogP contribution in [0, 0.1) is 17.8 Å². The van der Waals surface area contributed by atoms with Gasteiger partial charge in [-0.2, -0.15) is 0 Å². The zero-order valence-electron chi connectivity index (χ0n) is 9.76. The van der Waals surface area contributed by atoms with E-state index in [1.165, 1.54) is 6.42 Å². The molecule has 1 saturated carbocycles. The summed E-state index contributed by atoms with van der Waals surface area (Å²) < 4.78 is 5.16. The van der Waals surface area contributed by atoms with Crippen molar-refractivity contribution >= 4 is 6.09 Å². The van der Waals surface area contributed by atoms with Gasteiger partial charge in [-0.1, -0.05) is 0 Å². The highest BCUT2D eigenvalue weighted by atomic mass is 16.6. The van der Waals surface area contributed by atoms with E-state index < -0.39 is 0 Å². The van der Waals surface area contributed by atoms with E-state index in [0.29, 0.717) is 24.6 Å². The molecular formula is C12H20N2O2. The van der Waals surface area contributed by atoms with E-state index in [2.05, 4.69) is 0 Å². The molecule has 5 atom stereocenters. The van der Waals surface area contributed by atoms with E-state index in [0.717, 1.165) is 31.2 Å². The first-order chi connectivity index (χ1) is 7.76. The van der Waals surface area contributed by atoms with Crippen molar-refractivity contribution in [1.29, 1.82) is 0 Å². The van der Waals surface area contributed by atoms with E-state index in [9.17, 15) is 4.79 Å². The maximum Gasteiger partial charge on any atom is 0.410 e. The second kappa shape index (κ2) is 3.62. The Morgan fingerprint density at radius 3 is 2.44 bits per heavy atom. The molecule has 3 fully saturated rings. The molecule has 0 aromatic carbocycles. The Balaban J connectivity index is 1.75. The molecule has 16 heavy (non-hydrogen) atoms. The summed E-state index contributed by atoms with van der Waals surface area (Å²) in [6.45, 7) is 3.11. The Morgan fingerprint density at radius 1 is 1.31 bits per heavy atom. The highest BCUT2D eigenvalue weighted by molar-refractivity contribution is 5.70. The summed E-state index contributed by atoms with van der Waals surface area (Å²) in [5, 5.41) is 0. The number of piperidine rings is 2. The second-order valence-corrected chi connectivity index (χ2v) is 5.38. The standard InChI is InChI=1S/C12H20N2O2/c1-2-16-12(15)14-10-3-7(6-13)4-11(14)9-5-8(9)10/h7-11H,2-6,13H2,1H3/t7?,8-,9?,10?,11?/m0/s1. The molecule has 90 valence electrons. The van der Waals surface area contributed by atoms with Crippen molar-refractivity contribution in [2.24, 2.45) is 23.5 Å².